The van der Waals surface area contributed by atoms with Crippen molar-refractivity contribution in [3.8, 4) is 17.0 Å². The molecule has 7 nitrogen and oxygen atoms in total. The zero-order valence-corrected chi connectivity index (χ0v) is 20.0. The Labute approximate surface area is 200 Å². The Morgan fingerprint density at radius 3 is 2.59 bits per heavy atom. The van der Waals surface area contributed by atoms with Crippen molar-refractivity contribution in [1.82, 2.24) is 9.78 Å². The molecule has 7 heteroatoms. The molecule has 0 bridgehead atoms. The molecule has 1 saturated heterocycles. The minimum atomic E-state index is -1.29. The van der Waals surface area contributed by atoms with Gasteiger partial charge in [-0.15, -0.1) is 0 Å². The molecule has 0 unspecified atom stereocenters. The lowest BCUT2D eigenvalue weighted by Gasteiger charge is -2.25. The highest BCUT2D eigenvalue weighted by Crippen LogP contribution is 2.27. The van der Waals surface area contributed by atoms with Crippen molar-refractivity contribution in [3.63, 3.8) is 0 Å². The van der Waals surface area contributed by atoms with Crippen LogP contribution in [0.1, 0.15) is 37.6 Å². The first kappa shape index (κ1) is 24.0. The Bertz CT molecular complexity index is 1130. The van der Waals surface area contributed by atoms with Gasteiger partial charge in [-0.25, -0.2) is 4.79 Å². The highest BCUT2D eigenvalue weighted by Gasteiger charge is 2.28. The van der Waals surface area contributed by atoms with E-state index in [1.165, 1.54) is 11.1 Å². The number of hydrogen-bond acceptors (Lipinski definition) is 5. The molecule has 1 aliphatic rings. The molecule has 0 spiro atoms. The number of carboxylic acid groups (broad SMARTS) is 1. The Morgan fingerprint density at radius 1 is 1.15 bits per heavy atom. The van der Waals surface area contributed by atoms with Crippen LogP contribution in [0.25, 0.3) is 11.3 Å². The van der Waals surface area contributed by atoms with Gasteiger partial charge in [0.25, 0.3) is 0 Å². The number of benzene rings is 2. The SMILES string of the molecule is CCc1ccccc1Cn1nc(COC(C)(C)C(=O)O)cc1-c1cccc(OCC2COC2)c1. The van der Waals surface area contributed by atoms with Gasteiger partial charge in [-0.05, 0) is 49.6 Å². The molecule has 1 aromatic heterocycles. The van der Waals surface area contributed by atoms with Crippen molar-refractivity contribution in [1.29, 1.82) is 0 Å². The van der Waals surface area contributed by atoms with Crippen LogP contribution in [0.5, 0.6) is 5.75 Å². The summed E-state index contributed by atoms with van der Waals surface area (Å²) in [6.45, 7) is 8.06. The first-order chi connectivity index (χ1) is 16.4. The average molecular weight is 465 g/mol. The number of carbonyl (C=O) groups is 1. The summed E-state index contributed by atoms with van der Waals surface area (Å²) in [5.74, 6) is 0.239. The van der Waals surface area contributed by atoms with E-state index in [2.05, 4.69) is 19.1 Å². The van der Waals surface area contributed by atoms with Crippen LogP contribution in [-0.4, -0.2) is 46.3 Å². The third-order valence-corrected chi connectivity index (χ3v) is 6.07. The molecule has 34 heavy (non-hydrogen) atoms. The molecule has 2 heterocycles. The molecule has 0 amide bonds. The fourth-order valence-corrected chi connectivity index (χ4v) is 3.77. The van der Waals surface area contributed by atoms with Crippen molar-refractivity contribution in [2.45, 2.75) is 45.9 Å². The molecule has 1 N–H and O–H groups in total. The van der Waals surface area contributed by atoms with Crippen LogP contribution < -0.4 is 4.74 Å². The minimum absolute atomic E-state index is 0.104. The second kappa shape index (κ2) is 10.4. The van der Waals surface area contributed by atoms with Gasteiger partial charge < -0.3 is 19.3 Å². The molecule has 2 aromatic carbocycles. The van der Waals surface area contributed by atoms with E-state index in [0.717, 1.165) is 36.6 Å². The number of ether oxygens (including phenoxy) is 3. The predicted octanol–water partition coefficient (Wildman–Crippen LogP) is 4.57. The molecule has 0 aliphatic carbocycles. The van der Waals surface area contributed by atoms with E-state index < -0.39 is 11.6 Å². The summed E-state index contributed by atoms with van der Waals surface area (Å²) in [4.78, 5) is 11.4. The maximum absolute atomic E-state index is 11.4. The number of hydrogen-bond donors (Lipinski definition) is 1. The number of aliphatic carboxylic acids is 1. The van der Waals surface area contributed by atoms with E-state index in [0.29, 0.717) is 24.8 Å². The number of aryl methyl sites for hydroxylation is 1. The number of nitrogens with zero attached hydrogens (tertiary/aromatic N) is 2. The molecule has 1 aliphatic heterocycles. The van der Waals surface area contributed by atoms with Crippen molar-refractivity contribution in [2.24, 2.45) is 5.92 Å². The lowest BCUT2D eigenvalue weighted by atomic mass is 10.1. The Morgan fingerprint density at radius 2 is 1.91 bits per heavy atom. The van der Waals surface area contributed by atoms with Crippen LogP contribution in [0.2, 0.25) is 0 Å². The summed E-state index contributed by atoms with van der Waals surface area (Å²) in [7, 11) is 0. The van der Waals surface area contributed by atoms with Crippen LogP contribution in [-0.2, 0) is 33.8 Å². The topological polar surface area (TPSA) is 82.8 Å². The van der Waals surface area contributed by atoms with Crippen molar-refractivity contribution in [3.05, 3.63) is 71.4 Å². The second-order valence-corrected chi connectivity index (χ2v) is 9.15. The van der Waals surface area contributed by atoms with E-state index in [1.807, 2.05) is 47.1 Å². The standard InChI is InChI=1S/C27H32N2O5/c1-4-20-8-5-6-9-22(20)14-29-25(13-23(28-29)18-34-27(2,3)26(30)31)21-10-7-11-24(12-21)33-17-19-15-32-16-19/h5-13,19H,4,14-18H2,1-3H3,(H,30,31). The van der Waals surface area contributed by atoms with E-state index in [9.17, 15) is 9.90 Å². The van der Waals surface area contributed by atoms with Crippen LogP contribution in [0.4, 0.5) is 0 Å². The first-order valence-electron chi connectivity index (χ1n) is 11.7. The van der Waals surface area contributed by atoms with Gasteiger partial charge in [-0.2, -0.15) is 5.10 Å². The van der Waals surface area contributed by atoms with Crippen LogP contribution in [0.3, 0.4) is 0 Å². The molecule has 3 aromatic rings. The third kappa shape index (κ3) is 5.66. The first-order valence-corrected chi connectivity index (χ1v) is 11.7. The second-order valence-electron chi connectivity index (χ2n) is 9.15. The number of rotatable bonds is 11. The van der Waals surface area contributed by atoms with E-state index >= 15 is 0 Å². The van der Waals surface area contributed by atoms with Gasteiger partial charge in [-0.1, -0.05) is 43.3 Å². The summed E-state index contributed by atoms with van der Waals surface area (Å²) >= 11 is 0. The van der Waals surface area contributed by atoms with E-state index in [-0.39, 0.29) is 6.61 Å². The Balaban J connectivity index is 1.62. The minimum Gasteiger partial charge on any atom is -0.493 e. The maximum atomic E-state index is 11.4. The summed E-state index contributed by atoms with van der Waals surface area (Å²) in [5.41, 5.74) is 3.76. The summed E-state index contributed by atoms with van der Waals surface area (Å²) < 4.78 is 18.9. The molecular formula is C27H32N2O5. The molecule has 180 valence electrons. The van der Waals surface area contributed by atoms with E-state index in [4.69, 9.17) is 19.3 Å². The monoisotopic (exact) mass is 464 g/mol. The Kier molecular flexibility index (Phi) is 7.34. The van der Waals surface area contributed by atoms with Crippen molar-refractivity contribution < 1.29 is 24.1 Å². The molecule has 0 atom stereocenters. The van der Waals surface area contributed by atoms with Crippen molar-refractivity contribution >= 4 is 5.97 Å². The van der Waals surface area contributed by atoms with Crippen LogP contribution >= 0.6 is 0 Å². The summed E-state index contributed by atoms with van der Waals surface area (Å²) in [6, 6.07) is 18.3. The Hall–Kier alpha value is -3.16. The van der Waals surface area contributed by atoms with Crippen LogP contribution in [0.15, 0.2) is 54.6 Å². The average Bonchev–Trinajstić information content (AvgIpc) is 3.20. The van der Waals surface area contributed by atoms with Gasteiger partial charge >= 0.3 is 5.97 Å². The number of aromatic nitrogens is 2. The maximum Gasteiger partial charge on any atom is 0.335 e. The number of carboxylic acids is 1. The molecule has 1 fully saturated rings. The zero-order valence-electron chi connectivity index (χ0n) is 20.0. The fraction of sp³-hybridized carbons (Fsp3) is 0.407. The highest BCUT2D eigenvalue weighted by molar-refractivity contribution is 5.76. The summed E-state index contributed by atoms with van der Waals surface area (Å²) in [6.07, 6.45) is 0.934. The molecule has 4 rings (SSSR count). The van der Waals surface area contributed by atoms with Gasteiger partial charge in [0.1, 0.15) is 5.75 Å². The van der Waals surface area contributed by atoms with Gasteiger partial charge in [-0.3, -0.25) is 4.68 Å². The van der Waals surface area contributed by atoms with Gasteiger partial charge in [0.05, 0.1) is 44.4 Å². The highest BCUT2D eigenvalue weighted by atomic mass is 16.5. The van der Waals surface area contributed by atoms with Crippen LogP contribution in [0, 0.1) is 5.92 Å². The predicted molar refractivity (Wildman–Crippen MR) is 129 cm³/mol. The fourth-order valence-electron chi connectivity index (χ4n) is 3.77. The normalized spacial score (nSPS) is 14.1. The summed E-state index contributed by atoms with van der Waals surface area (Å²) in [5, 5.41) is 14.2. The zero-order chi connectivity index (χ0) is 24.1. The van der Waals surface area contributed by atoms with Gasteiger partial charge in [0.2, 0.25) is 0 Å². The van der Waals surface area contributed by atoms with Gasteiger partial charge in [0.15, 0.2) is 5.60 Å². The van der Waals surface area contributed by atoms with Crippen molar-refractivity contribution in [2.75, 3.05) is 19.8 Å². The largest absolute Gasteiger partial charge is 0.493 e. The molecular weight excluding hydrogens is 432 g/mol. The van der Waals surface area contributed by atoms with Gasteiger partial charge in [0, 0.05) is 11.5 Å². The lowest BCUT2D eigenvalue weighted by Crippen LogP contribution is -2.34. The van der Waals surface area contributed by atoms with E-state index in [1.54, 1.807) is 13.8 Å². The quantitative estimate of drug-likeness (QED) is 0.448. The third-order valence-electron chi connectivity index (χ3n) is 6.07. The molecule has 0 radical (unpaired) electrons. The molecule has 0 saturated carbocycles. The lowest BCUT2D eigenvalue weighted by molar-refractivity contribution is -0.162. The smallest absolute Gasteiger partial charge is 0.335 e.